The summed E-state index contributed by atoms with van der Waals surface area (Å²) in [5, 5.41) is 9.99. The van der Waals surface area contributed by atoms with E-state index in [2.05, 4.69) is 455 Å². The molecule has 22 aromatic rings. The number of rotatable bonds is 12. The molecule has 0 spiro atoms. The smallest absolute Gasteiger partial charge is 0.0547 e. The number of hydrogen-bond donors (Lipinski definition) is 0. The van der Waals surface area contributed by atoms with Crippen LogP contribution in [0.5, 0.6) is 0 Å². The predicted molar refractivity (Wildman–Crippen MR) is 474 cm³/mol. The Balaban J connectivity index is 0.000000141. The molecule has 112 heavy (non-hydrogen) atoms. The van der Waals surface area contributed by atoms with Gasteiger partial charge in [0.1, 0.15) is 0 Å². The summed E-state index contributed by atoms with van der Waals surface area (Å²) in [5.41, 5.74) is 33.5. The molecule has 4 nitrogen and oxygen atoms in total. The van der Waals surface area contributed by atoms with Crippen LogP contribution in [0.2, 0.25) is 0 Å². The minimum atomic E-state index is 1.15. The lowest BCUT2D eigenvalue weighted by Crippen LogP contribution is -1.95. The van der Waals surface area contributed by atoms with E-state index < -0.39 is 0 Å². The summed E-state index contributed by atoms with van der Waals surface area (Å²) < 4.78 is 9.68. The Hall–Kier alpha value is -14.8. The lowest BCUT2D eigenvalue weighted by atomic mass is 9.99. The second kappa shape index (κ2) is 27.7. The maximum Gasteiger partial charge on any atom is 0.0547 e. The number of para-hydroxylation sites is 4. The number of benzene rings is 18. The van der Waals surface area contributed by atoms with Crippen molar-refractivity contribution in [2.24, 2.45) is 0 Å². The van der Waals surface area contributed by atoms with Crippen LogP contribution >= 0.6 is 0 Å². The van der Waals surface area contributed by atoms with E-state index in [0.717, 1.165) is 22.7 Å². The highest BCUT2D eigenvalue weighted by molar-refractivity contribution is 6.15. The van der Waals surface area contributed by atoms with E-state index in [1.54, 1.807) is 0 Å². The van der Waals surface area contributed by atoms with E-state index in [0.29, 0.717) is 0 Å². The number of aromatic nitrogens is 4. The van der Waals surface area contributed by atoms with Gasteiger partial charge in [0.25, 0.3) is 0 Å². The Kier molecular flexibility index (Phi) is 16.2. The first-order valence-electron chi connectivity index (χ1n) is 38.5. The Bertz CT molecular complexity index is 7340. The molecule has 22 rings (SSSR count). The van der Waals surface area contributed by atoms with Crippen LogP contribution in [-0.4, -0.2) is 18.3 Å². The highest BCUT2D eigenvalue weighted by atomic mass is 15.0. The van der Waals surface area contributed by atoms with Crippen molar-refractivity contribution >= 4 is 87.2 Å². The van der Waals surface area contributed by atoms with Gasteiger partial charge in [0.05, 0.1) is 44.1 Å². The lowest BCUT2D eigenvalue weighted by molar-refractivity contribution is 1.18. The first-order valence-corrected chi connectivity index (χ1v) is 38.5. The van der Waals surface area contributed by atoms with Crippen LogP contribution in [-0.2, 0) is 0 Å². The summed E-state index contributed by atoms with van der Waals surface area (Å²) in [7, 11) is 0. The highest BCUT2D eigenvalue weighted by Gasteiger charge is 2.21. The molecule has 0 unspecified atom stereocenters. The third-order valence-corrected chi connectivity index (χ3v) is 22.6. The maximum absolute atomic E-state index is 2.43. The van der Waals surface area contributed by atoms with Crippen molar-refractivity contribution in [1.29, 1.82) is 0 Å². The van der Waals surface area contributed by atoms with Gasteiger partial charge in [0.15, 0.2) is 0 Å². The zero-order valence-electron chi connectivity index (χ0n) is 61.4. The molecular formula is C108H72N4. The van der Waals surface area contributed by atoms with Gasteiger partial charge in [-0.3, -0.25) is 0 Å². The fraction of sp³-hybridized carbons (Fsp3) is 0. The molecule has 0 saturated carbocycles. The van der Waals surface area contributed by atoms with Crippen LogP contribution in [0.15, 0.2) is 437 Å². The van der Waals surface area contributed by atoms with Gasteiger partial charge in [-0.15, -0.1) is 0 Å². The van der Waals surface area contributed by atoms with E-state index in [-0.39, 0.29) is 0 Å². The second-order valence-corrected chi connectivity index (χ2v) is 29.2. The van der Waals surface area contributed by atoms with Gasteiger partial charge in [-0.1, -0.05) is 322 Å². The Morgan fingerprint density at radius 1 is 0.0982 bits per heavy atom. The fourth-order valence-corrected chi connectivity index (χ4v) is 17.3. The van der Waals surface area contributed by atoms with Crippen LogP contribution in [0.1, 0.15) is 0 Å². The van der Waals surface area contributed by atoms with E-state index in [4.69, 9.17) is 0 Å². The molecule has 0 aliphatic rings. The van der Waals surface area contributed by atoms with Gasteiger partial charge in [0.2, 0.25) is 0 Å². The lowest BCUT2D eigenvalue weighted by Gasteiger charge is -2.12. The van der Waals surface area contributed by atoms with Gasteiger partial charge in [-0.2, -0.15) is 0 Å². The minimum Gasteiger partial charge on any atom is -0.309 e. The Labute approximate surface area is 649 Å². The number of fused-ring (bicyclic) bond motifs is 12. The molecule has 18 aromatic carbocycles. The zero-order chi connectivity index (χ0) is 74.0. The molecule has 0 saturated heterocycles. The molecule has 524 valence electrons. The van der Waals surface area contributed by atoms with Crippen LogP contribution in [0.4, 0.5) is 0 Å². The average Bonchev–Trinajstić information content (AvgIpc) is 1.59. The molecule has 0 amide bonds. The van der Waals surface area contributed by atoms with Crippen molar-refractivity contribution in [3.63, 3.8) is 0 Å². The summed E-state index contributed by atoms with van der Waals surface area (Å²) in [4.78, 5) is 0. The van der Waals surface area contributed by atoms with E-state index >= 15 is 0 Å². The molecule has 0 radical (unpaired) electrons. The molecule has 0 N–H and O–H groups in total. The number of nitrogens with zero attached hydrogens (tertiary/aromatic N) is 4. The van der Waals surface area contributed by atoms with Crippen LogP contribution in [0.3, 0.4) is 0 Å². The molecular weight excluding hydrogens is 1350 g/mol. The summed E-state index contributed by atoms with van der Waals surface area (Å²) in [5.74, 6) is 0. The van der Waals surface area contributed by atoms with Crippen molar-refractivity contribution in [2.45, 2.75) is 0 Å². The summed E-state index contributed by atoms with van der Waals surface area (Å²) in [6.07, 6.45) is 0. The summed E-state index contributed by atoms with van der Waals surface area (Å²) in [6, 6.07) is 159. The standard InChI is InChI=1S/2C54H36N2/c1-3-14-37(15-4-1)39-18-11-19-40(32-39)42-21-13-23-46(34-42)56-51-26-9-7-24-47(51)49-30-28-44(36-54(49)56)43-29-31-53-50(35-43)48-25-8-10-27-52(48)55(53)45-22-12-20-41(33-45)38-16-5-2-6-17-38;1-3-13-37(14-4-1)39-25-27-40(28-26-39)42-18-12-20-46(34-42)56-51-23-9-7-21-47(51)49-31-29-44(36-54(49)56)43-30-32-53-50(35-43)48-22-8-10-24-52(48)55(53)45-19-11-17-41(33-45)38-15-5-2-6-16-38/h2*1-36H. The topological polar surface area (TPSA) is 19.7 Å². The van der Waals surface area contributed by atoms with E-state index in [9.17, 15) is 0 Å². The third-order valence-electron chi connectivity index (χ3n) is 22.6. The third kappa shape index (κ3) is 11.6. The molecule has 0 fully saturated rings. The number of hydrogen-bond acceptors (Lipinski definition) is 0. The summed E-state index contributed by atoms with van der Waals surface area (Å²) >= 11 is 0. The van der Waals surface area contributed by atoms with Gasteiger partial charge >= 0.3 is 0 Å². The molecule has 0 bridgehead atoms. The van der Waals surface area contributed by atoms with Crippen molar-refractivity contribution in [3.8, 4) is 112 Å². The van der Waals surface area contributed by atoms with Crippen molar-refractivity contribution in [1.82, 2.24) is 18.3 Å². The first kappa shape index (κ1) is 65.5. The maximum atomic E-state index is 2.43. The van der Waals surface area contributed by atoms with Crippen LogP contribution in [0.25, 0.3) is 199 Å². The average molecular weight is 1430 g/mol. The minimum absolute atomic E-state index is 1.15. The monoisotopic (exact) mass is 1420 g/mol. The van der Waals surface area contributed by atoms with Crippen LogP contribution in [0, 0.1) is 0 Å². The molecule has 0 aliphatic heterocycles. The first-order chi connectivity index (χ1) is 55.5. The largest absolute Gasteiger partial charge is 0.309 e. The van der Waals surface area contributed by atoms with Gasteiger partial charge in [-0.25, -0.2) is 0 Å². The Morgan fingerprint density at radius 3 is 0.652 bits per heavy atom. The van der Waals surface area contributed by atoms with Crippen molar-refractivity contribution < 1.29 is 0 Å². The second-order valence-electron chi connectivity index (χ2n) is 29.2. The molecule has 4 heteroatoms. The summed E-state index contributed by atoms with van der Waals surface area (Å²) in [6.45, 7) is 0. The van der Waals surface area contributed by atoms with Gasteiger partial charge < -0.3 is 18.3 Å². The quantitative estimate of drug-likeness (QED) is 0.116. The molecule has 4 heterocycles. The molecule has 4 aromatic heterocycles. The molecule has 0 atom stereocenters. The van der Waals surface area contributed by atoms with Crippen molar-refractivity contribution in [3.05, 3.63) is 437 Å². The molecule has 0 aliphatic carbocycles. The Morgan fingerprint density at radius 2 is 0.295 bits per heavy atom. The normalized spacial score (nSPS) is 11.6. The van der Waals surface area contributed by atoms with Gasteiger partial charge in [0, 0.05) is 65.8 Å². The highest BCUT2D eigenvalue weighted by Crippen LogP contribution is 2.43. The zero-order valence-corrected chi connectivity index (χ0v) is 61.4. The van der Waals surface area contributed by atoms with E-state index in [1.165, 1.54) is 176 Å². The predicted octanol–water partition coefficient (Wildman–Crippen LogP) is 29.1. The van der Waals surface area contributed by atoms with Crippen molar-refractivity contribution in [2.75, 3.05) is 0 Å². The van der Waals surface area contributed by atoms with Gasteiger partial charge in [-0.05, 0) is 204 Å². The van der Waals surface area contributed by atoms with E-state index in [1.807, 2.05) is 0 Å². The van der Waals surface area contributed by atoms with Crippen LogP contribution < -0.4 is 0 Å². The fourth-order valence-electron chi connectivity index (χ4n) is 17.3. The SMILES string of the molecule is c1ccc(-c2ccc(-c3cccc(-n4c5ccccc5c5ccc(-c6ccc7c(c6)c6ccccc6n7-c6cccc(-c7ccccc7)c6)cc54)c3)cc2)cc1.c1ccc(-c2cccc(-c3cccc(-n4c5ccccc5c5ccc(-c6ccc7c(c6)c6ccccc6n7-c6cccc(-c7ccccc7)c6)cc54)c3)c2)cc1.